The maximum atomic E-state index is 12.5. The number of likely N-dealkylation sites (tertiary alicyclic amines) is 2. The monoisotopic (exact) mass is 385 g/mol. The molecule has 28 heavy (non-hydrogen) atoms. The van der Waals surface area contributed by atoms with E-state index in [1.54, 1.807) is 7.11 Å². The molecule has 2 saturated heterocycles. The number of piperidine rings is 2. The number of nitrogens with zero attached hydrogens (tertiary/aromatic N) is 3. The van der Waals surface area contributed by atoms with E-state index in [4.69, 9.17) is 4.74 Å². The summed E-state index contributed by atoms with van der Waals surface area (Å²) < 4.78 is 5.21. The number of carbonyl (C=O) groups is 1. The number of benzene rings is 1. The second-order valence-electron chi connectivity index (χ2n) is 8.33. The second-order valence-corrected chi connectivity index (χ2v) is 8.33. The van der Waals surface area contributed by atoms with Crippen molar-refractivity contribution in [2.45, 2.75) is 31.7 Å². The molecule has 0 saturated carbocycles. The highest BCUT2D eigenvalue weighted by molar-refractivity contribution is 5.77. The van der Waals surface area contributed by atoms with Gasteiger partial charge in [-0.15, -0.1) is 0 Å². The van der Waals surface area contributed by atoms with Gasteiger partial charge in [0.25, 0.3) is 0 Å². The van der Waals surface area contributed by atoms with Crippen LogP contribution in [0.3, 0.4) is 0 Å². The van der Waals surface area contributed by atoms with Gasteiger partial charge in [0.2, 0.25) is 5.91 Å². The first-order chi connectivity index (χ1) is 13.6. The molecule has 0 N–H and O–H groups in total. The van der Waals surface area contributed by atoms with Gasteiger partial charge in [-0.1, -0.05) is 24.3 Å². The lowest BCUT2D eigenvalue weighted by Crippen LogP contribution is -2.56. The SMILES string of the molecule is COc1ccc(C=CCN2CC[C@H]3[C@H](CCC(=O)N3CCCN(C)C)C2)cc1. The minimum absolute atomic E-state index is 0.368. The summed E-state index contributed by atoms with van der Waals surface area (Å²) in [5.41, 5.74) is 1.20. The molecular formula is C23H35N3O2. The first-order valence-electron chi connectivity index (χ1n) is 10.5. The van der Waals surface area contributed by atoms with E-state index in [0.717, 1.165) is 64.2 Å². The van der Waals surface area contributed by atoms with Crippen LogP contribution in [0.4, 0.5) is 0 Å². The van der Waals surface area contributed by atoms with E-state index in [9.17, 15) is 4.79 Å². The fourth-order valence-electron chi connectivity index (χ4n) is 4.49. The number of hydrogen-bond acceptors (Lipinski definition) is 4. The average Bonchev–Trinajstić information content (AvgIpc) is 2.70. The molecule has 2 heterocycles. The molecule has 2 aliphatic rings. The molecule has 1 amide bonds. The Kier molecular flexibility index (Phi) is 7.51. The van der Waals surface area contributed by atoms with E-state index in [1.807, 2.05) is 12.1 Å². The first-order valence-corrected chi connectivity index (χ1v) is 10.5. The van der Waals surface area contributed by atoms with Gasteiger partial charge in [-0.3, -0.25) is 9.69 Å². The summed E-state index contributed by atoms with van der Waals surface area (Å²) in [6.45, 7) is 5.11. The summed E-state index contributed by atoms with van der Waals surface area (Å²) in [5.74, 6) is 1.88. The third kappa shape index (κ3) is 5.58. The Morgan fingerprint density at radius 2 is 2.00 bits per heavy atom. The van der Waals surface area contributed by atoms with Gasteiger partial charge in [-0.25, -0.2) is 0 Å². The molecule has 0 radical (unpaired) electrons. The molecule has 2 fully saturated rings. The van der Waals surface area contributed by atoms with Gasteiger partial charge in [-0.2, -0.15) is 0 Å². The fraction of sp³-hybridized carbons (Fsp3) is 0.609. The van der Waals surface area contributed by atoms with Crippen molar-refractivity contribution in [2.24, 2.45) is 5.92 Å². The number of hydrogen-bond donors (Lipinski definition) is 0. The quantitative estimate of drug-likeness (QED) is 0.689. The zero-order valence-corrected chi connectivity index (χ0v) is 17.6. The van der Waals surface area contributed by atoms with Crippen LogP contribution in [0.5, 0.6) is 5.75 Å². The third-order valence-electron chi connectivity index (χ3n) is 6.02. The van der Waals surface area contributed by atoms with Gasteiger partial charge in [0.1, 0.15) is 5.75 Å². The number of rotatable bonds is 8. The van der Waals surface area contributed by atoms with Crippen molar-refractivity contribution in [3.63, 3.8) is 0 Å². The number of amides is 1. The van der Waals surface area contributed by atoms with E-state index in [-0.39, 0.29) is 0 Å². The fourth-order valence-corrected chi connectivity index (χ4v) is 4.49. The normalized spacial score (nSPS) is 23.4. The molecule has 154 valence electrons. The van der Waals surface area contributed by atoms with Crippen molar-refractivity contribution in [1.82, 2.24) is 14.7 Å². The summed E-state index contributed by atoms with van der Waals surface area (Å²) in [4.78, 5) is 19.4. The molecule has 5 nitrogen and oxygen atoms in total. The van der Waals surface area contributed by atoms with Crippen LogP contribution in [-0.2, 0) is 4.79 Å². The summed E-state index contributed by atoms with van der Waals surface area (Å²) in [6.07, 6.45) is 8.38. The van der Waals surface area contributed by atoms with Gasteiger partial charge in [0.05, 0.1) is 7.11 Å². The Hall–Kier alpha value is -1.85. The molecule has 1 aromatic carbocycles. The third-order valence-corrected chi connectivity index (χ3v) is 6.02. The lowest BCUT2D eigenvalue weighted by Gasteiger charge is -2.47. The Morgan fingerprint density at radius 1 is 1.21 bits per heavy atom. The highest BCUT2D eigenvalue weighted by Crippen LogP contribution is 2.31. The molecule has 0 unspecified atom stereocenters. The topological polar surface area (TPSA) is 36.0 Å². The van der Waals surface area contributed by atoms with Gasteiger partial charge < -0.3 is 14.5 Å². The van der Waals surface area contributed by atoms with Crippen molar-refractivity contribution in [1.29, 1.82) is 0 Å². The van der Waals surface area contributed by atoms with Crippen LogP contribution >= 0.6 is 0 Å². The minimum Gasteiger partial charge on any atom is -0.497 e. The van der Waals surface area contributed by atoms with E-state index in [0.29, 0.717) is 17.9 Å². The maximum absolute atomic E-state index is 12.5. The molecule has 0 spiro atoms. The number of fused-ring (bicyclic) bond motifs is 1. The minimum atomic E-state index is 0.368. The first kappa shape index (κ1) is 20.9. The summed E-state index contributed by atoms with van der Waals surface area (Å²) in [5, 5.41) is 0. The molecule has 5 heteroatoms. The number of methoxy groups -OCH3 is 1. The molecule has 0 aromatic heterocycles. The highest BCUT2D eigenvalue weighted by atomic mass is 16.5. The molecule has 0 aliphatic carbocycles. The van der Waals surface area contributed by atoms with E-state index in [2.05, 4.69) is 53.1 Å². The molecule has 0 bridgehead atoms. The zero-order valence-electron chi connectivity index (χ0n) is 17.6. The number of carbonyl (C=O) groups excluding carboxylic acids is 1. The van der Waals surface area contributed by atoms with Crippen LogP contribution in [0, 0.1) is 5.92 Å². The van der Waals surface area contributed by atoms with Gasteiger partial charge >= 0.3 is 0 Å². The van der Waals surface area contributed by atoms with Crippen LogP contribution in [0.2, 0.25) is 0 Å². The van der Waals surface area contributed by atoms with Gasteiger partial charge in [-0.05, 0) is 63.5 Å². The van der Waals surface area contributed by atoms with Crippen LogP contribution < -0.4 is 4.74 Å². The van der Waals surface area contributed by atoms with Gasteiger partial charge in [0, 0.05) is 38.6 Å². The predicted octanol–water partition coefficient (Wildman–Crippen LogP) is 2.97. The summed E-state index contributed by atoms with van der Waals surface area (Å²) in [7, 11) is 5.88. The van der Waals surface area contributed by atoms with E-state index in [1.165, 1.54) is 5.56 Å². The average molecular weight is 386 g/mol. The maximum Gasteiger partial charge on any atom is 0.222 e. The molecule has 2 atom stereocenters. The molecular weight excluding hydrogens is 350 g/mol. The van der Waals surface area contributed by atoms with Crippen molar-refractivity contribution in [3.8, 4) is 5.75 Å². The van der Waals surface area contributed by atoms with Gasteiger partial charge in [0.15, 0.2) is 0 Å². The second kappa shape index (κ2) is 10.1. The molecule has 1 aromatic rings. The smallest absolute Gasteiger partial charge is 0.222 e. The Labute approximate surface area is 169 Å². The van der Waals surface area contributed by atoms with Crippen LogP contribution in [-0.4, -0.2) is 80.6 Å². The Balaban J connectivity index is 1.49. The van der Waals surface area contributed by atoms with Crippen LogP contribution in [0.25, 0.3) is 6.08 Å². The lowest BCUT2D eigenvalue weighted by atomic mass is 9.83. The van der Waals surface area contributed by atoms with Crippen LogP contribution in [0.15, 0.2) is 30.3 Å². The number of ether oxygens (including phenoxy) is 1. The van der Waals surface area contributed by atoms with Crippen molar-refractivity contribution < 1.29 is 9.53 Å². The lowest BCUT2D eigenvalue weighted by molar-refractivity contribution is -0.141. The van der Waals surface area contributed by atoms with Crippen molar-refractivity contribution in [3.05, 3.63) is 35.9 Å². The Morgan fingerprint density at radius 3 is 2.71 bits per heavy atom. The Bertz CT molecular complexity index is 656. The summed E-state index contributed by atoms with van der Waals surface area (Å²) >= 11 is 0. The molecule has 2 aliphatic heterocycles. The highest BCUT2D eigenvalue weighted by Gasteiger charge is 2.38. The van der Waals surface area contributed by atoms with Crippen molar-refractivity contribution in [2.75, 3.05) is 53.9 Å². The van der Waals surface area contributed by atoms with Crippen molar-refractivity contribution >= 4 is 12.0 Å². The van der Waals surface area contributed by atoms with E-state index >= 15 is 0 Å². The predicted molar refractivity (Wildman–Crippen MR) is 114 cm³/mol. The van der Waals surface area contributed by atoms with Crippen LogP contribution in [0.1, 0.15) is 31.2 Å². The zero-order chi connectivity index (χ0) is 19.9. The summed E-state index contributed by atoms with van der Waals surface area (Å²) in [6, 6.07) is 8.61. The standard InChI is InChI=1S/C23H35N3O2/c1-24(2)14-5-16-26-22-13-17-25(18-20(22)9-12-23(26)27)15-4-6-19-7-10-21(28-3)11-8-19/h4,6-8,10-11,20,22H,5,9,12-18H2,1-3H3/t20-,22+/m1/s1. The molecule has 3 rings (SSSR count). The largest absolute Gasteiger partial charge is 0.497 e. The van der Waals surface area contributed by atoms with E-state index < -0.39 is 0 Å².